The minimum absolute atomic E-state index is 0.160. The summed E-state index contributed by atoms with van der Waals surface area (Å²) in [5.41, 5.74) is -1.51. The number of rotatable bonds is 3. The largest absolute Gasteiger partial charge is 0.503 e. The second-order valence-electron chi connectivity index (χ2n) is 7.44. The van der Waals surface area contributed by atoms with Crippen LogP contribution >= 0.6 is 0 Å². The van der Waals surface area contributed by atoms with Crippen molar-refractivity contribution in [3.63, 3.8) is 0 Å². The fourth-order valence-electron chi connectivity index (χ4n) is 3.82. The third kappa shape index (κ3) is 3.26. The molecule has 2 bridgehead atoms. The molecular formula is C21H19F2N3O4. The lowest BCUT2D eigenvalue weighted by molar-refractivity contribution is 0.0688. The number of allylic oxidation sites excluding steroid dienone is 1. The second kappa shape index (κ2) is 7.40. The molecule has 0 unspecified atom stereocenters. The number of pyridine rings is 1. The summed E-state index contributed by atoms with van der Waals surface area (Å²) in [4.78, 5) is 39.3. The standard InChI is InChI=1S/C21H19F2N3O4/c1-11-6-15(22)13(16(23)7-11)8-24-20(29)14-10-26-12-4-2-3-5-25(9-12)21(30)17(26)19(28)18(14)27/h2-3,6-7,10,12,28H,4-5,8-9H2,1H3,(H,24,29)/t12-/m0/s1. The summed E-state index contributed by atoms with van der Waals surface area (Å²) in [6, 6.07) is 2.03. The highest BCUT2D eigenvalue weighted by Gasteiger charge is 2.35. The van der Waals surface area contributed by atoms with E-state index in [9.17, 15) is 28.3 Å². The van der Waals surface area contributed by atoms with Crippen molar-refractivity contribution in [2.75, 3.05) is 13.1 Å². The monoisotopic (exact) mass is 415 g/mol. The molecule has 2 aromatic rings. The molecular weight excluding hydrogens is 396 g/mol. The maximum atomic E-state index is 14.0. The molecule has 1 aromatic carbocycles. The lowest BCUT2D eigenvalue weighted by atomic mass is 10.1. The van der Waals surface area contributed by atoms with Gasteiger partial charge in [-0.05, 0) is 31.0 Å². The number of halogens is 2. The minimum atomic E-state index is -1.01. The Morgan fingerprint density at radius 3 is 2.63 bits per heavy atom. The predicted molar refractivity (Wildman–Crippen MR) is 103 cm³/mol. The first kappa shape index (κ1) is 19.8. The first-order chi connectivity index (χ1) is 14.3. The summed E-state index contributed by atoms with van der Waals surface area (Å²) < 4.78 is 29.5. The van der Waals surface area contributed by atoms with E-state index in [1.807, 2.05) is 12.2 Å². The van der Waals surface area contributed by atoms with Crippen LogP contribution < -0.4 is 10.7 Å². The van der Waals surface area contributed by atoms with Crippen LogP contribution in [-0.4, -0.2) is 39.5 Å². The number of hydrogen-bond acceptors (Lipinski definition) is 4. The van der Waals surface area contributed by atoms with Gasteiger partial charge >= 0.3 is 0 Å². The molecule has 0 spiro atoms. The predicted octanol–water partition coefficient (Wildman–Crippen LogP) is 2.03. The Bertz CT molecular complexity index is 1130. The topological polar surface area (TPSA) is 91.6 Å². The number of aromatic nitrogens is 1. The summed E-state index contributed by atoms with van der Waals surface area (Å²) in [5.74, 6) is -3.83. The highest BCUT2D eigenvalue weighted by Crippen LogP contribution is 2.30. The molecule has 1 aromatic heterocycles. The first-order valence-electron chi connectivity index (χ1n) is 9.43. The van der Waals surface area contributed by atoms with Gasteiger partial charge in [-0.15, -0.1) is 0 Å². The highest BCUT2D eigenvalue weighted by molar-refractivity contribution is 5.99. The summed E-state index contributed by atoms with van der Waals surface area (Å²) in [6.07, 6.45) is 5.51. The van der Waals surface area contributed by atoms with Gasteiger partial charge in [0.05, 0.1) is 6.04 Å². The van der Waals surface area contributed by atoms with E-state index in [-0.39, 0.29) is 17.3 Å². The number of nitrogens with zero attached hydrogens (tertiary/aromatic N) is 2. The third-order valence-electron chi connectivity index (χ3n) is 5.38. The number of amides is 2. The van der Waals surface area contributed by atoms with E-state index in [1.54, 1.807) is 0 Å². The van der Waals surface area contributed by atoms with E-state index < -0.39 is 46.7 Å². The highest BCUT2D eigenvalue weighted by atomic mass is 19.1. The second-order valence-corrected chi connectivity index (χ2v) is 7.44. The lowest BCUT2D eigenvalue weighted by Crippen LogP contribution is -2.44. The van der Waals surface area contributed by atoms with Crippen LogP contribution in [0.3, 0.4) is 0 Å². The fourth-order valence-corrected chi connectivity index (χ4v) is 3.82. The molecule has 0 saturated carbocycles. The van der Waals surface area contributed by atoms with Gasteiger partial charge in [0.15, 0.2) is 11.4 Å². The van der Waals surface area contributed by atoms with Crippen LogP contribution in [-0.2, 0) is 6.54 Å². The molecule has 9 heteroatoms. The molecule has 30 heavy (non-hydrogen) atoms. The van der Waals surface area contributed by atoms with Crippen LogP contribution in [0.25, 0.3) is 0 Å². The molecule has 2 aliphatic rings. The SMILES string of the molecule is Cc1cc(F)c(CNC(=O)c2cn3c(c(O)c2=O)C(=O)N2CC=CC[C@H]3C2)c(F)c1. The fraction of sp³-hybridized carbons (Fsp3) is 0.286. The minimum Gasteiger partial charge on any atom is -0.503 e. The van der Waals surface area contributed by atoms with Gasteiger partial charge in [0.1, 0.15) is 17.2 Å². The molecule has 156 valence electrons. The third-order valence-corrected chi connectivity index (χ3v) is 5.38. The molecule has 0 aliphatic carbocycles. The maximum absolute atomic E-state index is 14.0. The van der Waals surface area contributed by atoms with Crippen LogP contribution in [0.2, 0.25) is 0 Å². The van der Waals surface area contributed by atoms with Crippen molar-refractivity contribution in [3.05, 3.63) is 74.7 Å². The average Bonchev–Trinajstić information content (AvgIpc) is 2.91. The van der Waals surface area contributed by atoms with Crippen molar-refractivity contribution < 1.29 is 23.5 Å². The Balaban J connectivity index is 1.67. The van der Waals surface area contributed by atoms with Crippen molar-refractivity contribution in [3.8, 4) is 5.75 Å². The first-order valence-corrected chi connectivity index (χ1v) is 9.43. The summed E-state index contributed by atoms with van der Waals surface area (Å²) in [6.45, 7) is 1.81. The Morgan fingerprint density at radius 1 is 1.23 bits per heavy atom. The van der Waals surface area contributed by atoms with Gasteiger partial charge in [-0.2, -0.15) is 0 Å². The maximum Gasteiger partial charge on any atom is 0.274 e. The Kier molecular flexibility index (Phi) is 4.89. The van der Waals surface area contributed by atoms with Crippen LogP contribution in [0.5, 0.6) is 5.75 Å². The Hall–Kier alpha value is -3.49. The lowest BCUT2D eigenvalue weighted by Gasteiger charge is -2.34. The molecule has 0 radical (unpaired) electrons. The smallest absolute Gasteiger partial charge is 0.274 e. The van der Waals surface area contributed by atoms with E-state index >= 15 is 0 Å². The molecule has 0 fully saturated rings. The van der Waals surface area contributed by atoms with Gasteiger partial charge < -0.3 is 19.9 Å². The Morgan fingerprint density at radius 2 is 1.93 bits per heavy atom. The van der Waals surface area contributed by atoms with Crippen molar-refractivity contribution >= 4 is 11.8 Å². The number of aromatic hydroxyl groups is 1. The van der Waals surface area contributed by atoms with E-state index in [0.29, 0.717) is 25.1 Å². The molecule has 2 N–H and O–H groups in total. The molecule has 2 amide bonds. The van der Waals surface area contributed by atoms with E-state index in [2.05, 4.69) is 5.32 Å². The molecule has 7 nitrogen and oxygen atoms in total. The van der Waals surface area contributed by atoms with Crippen LogP contribution in [0, 0.1) is 18.6 Å². The number of nitrogens with one attached hydrogen (secondary N) is 1. The van der Waals surface area contributed by atoms with Crippen LogP contribution in [0.15, 0.2) is 35.3 Å². The Labute approximate surface area is 170 Å². The number of carbonyl (C=O) groups excluding carboxylic acids is 2. The quantitative estimate of drug-likeness (QED) is 0.751. The van der Waals surface area contributed by atoms with Gasteiger partial charge in [0.2, 0.25) is 5.43 Å². The summed E-state index contributed by atoms with van der Waals surface area (Å²) in [5, 5.41) is 12.7. The number of fused-ring (bicyclic) bond motifs is 4. The van der Waals surface area contributed by atoms with E-state index in [4.69, 9.17) is 0 Å². The number of hydrogen-bond donors (Lipinski definition) is 2. The molecule has 2 aliphatic heterocycles. The van der Waals surface area contributed by atoms with Gasteiger partial charge in [-0.1, -0.05) is 12.2 Å². The van der Waals surface area contributed by atoms with E-state index in [0.717, 1.165) is 12.1 Å². The molecule has 3 heterocycles. The molecule has 0 saturated heterocycles. The average molecular weight is 415 g/mol. The number of carbonyl (C=O) groups is 2. The van der Waals surface area contributed by atoms with Crippen molar-refractivity contribution in [1.29, 1.82) is 0 Å². The van der Waals surface area contributed by atoms with Crippen molar-refractivity contribution in [1.82, 2.24) is 14.8 Å². The summed E-state index contributed by atoms with van der Waals surface area (Å²) >= 11 is 0. The van der Waals surface area contributed by atoms with Crippen molar-refractivity contribution in [2.45, 2.75) is 25.9 Å². The summed E-state index contributed by atoms with van der Waals surface area (Å²) in [7, 11) is 0. The zero-order valence-electron chi connectivity index (χ0n) is 16.1. The zero-order chi connectivity index (χ0) is 21.6. The van der Waals surface area contributed by atoms with Crippen LogP contribution in [0.1, 0.15) is 44.4 Å². The van der Waals surface area contributed by atoms with Gasteiger partial charge in [0, 0.05) is 31.4 Å². The van der Waals surface area contributed by atoms with Gasteiger partial charge in [-0.3, -0.25) is 14.4 Å². The van der Waals surface area contributed by atoms with Crippen LogP contribution in [0.4, 0.5) is 8.78 Å². The van der Waals surface area contributed by atoms with Crippen molar-refractivity contribution in [2.24, 2.45) is 0 Å². The molecule has 1 atom stereocenters. The normalized spacial score (nSPS) is 17.5. The van der Waals surface area contributed by atoms with Gasteiger partial charge in [-0.25, -0.2) is 8.78 Å². The zero-order valence-corrected chi connectivity index (χ0v) is 16.1. The number of aryl methyl sites for hydroxylation is 1. The van der Waals surface area contributed by atoms with E-state index in [1.165, 1.54) is 22.6 Å². The van der Waals surface area contributed by atoms with Gasteiger partial charge in [0.25, 0.3) is 11.8 Å². The molecule has 4 rings (SSSR count). The number of benzene rings is 1.